The van der Waals surface area contributed by atoms with Crippen LogP contribution in [0, 0.1) is 11.6 Å². The lowest BCUT2D eigenvalue weighted by Crippen LogP contribution is -2.27. The molecule has 128 valence electrons. The Bertz CT molecular complexity index is 707. The molecule has 0 bridgehead atoms. The second kappa shape index (κ2) is 6.57. The molecule has 0 aliphatic carbocycles. The lowest BCUT2D eigenvalue weighted by atomic mass is 10.2. The summed E-state index contributed by atoms with van der Waals surface area (Å²) >= 11 is 0. The van der Waals surface area contributed by atoms with Gasteiger partial charge in [0.2, 0.25) is 0 Å². The number of rotatable bonds is 3. The van der Waals surface area contributed by atoms with E-state index in [9.17, 15) is 8.78 Å². The Morgan fingerprint density at radius 2 is 1.96 bits per heavy atom. The molecule has 1 fully saturated rings. The zero-order valence-electron chi connectivity index (χ0n) is 13.4. The van der Waals surface area contributed by atoms with E-state index in [1.807, 2.05) is 0 Å². The van der Waals surface area contributed by atoms with Gasteiger partial charge in [0.15, 0.2) is 5.82 Å². The minimum absolute atomic E-state index is 0.0295. The molecule has 2 aliphatic rings. The summed E-state index contributed by atoms with van der Waals surface area (Å²) in [6.07, 6.45) is 2.77. The highest BCUT2D eigenvalue weighted by Gasteiger charge is 2.27. The first-order chi connectivity index (χ1) is 11.7. The number of benzene rings is 1. The lowest BCUT2D eigenvalue weighted by Gasteiger charge is -2.20. The van der Waals surface area contributed by atoms with E-state index in [0.717, 1.165) is 37.5 Å². The maximum Gasteiger partial charge on any atom is 0.162 e. The number of nitrogens with zero attached hydrogens (tertiary/aromatic N) is 4. The van der Waals surface area contributed by atoms with Crippen molar-refractivity contribution in [2.24, 2.45) is 0 Å². The van der Waals surface area contributed by atoms with Crippen molar-refractivity contribution < 1.29 is 13.5 Å². The SMILES string of the molecule is Fc1cccc(F)c1CN1CCc2nnc([C@H]3CCCO3)n2CC1. The maximum atomic E-state index is 13.9. The van der Waals surface area contributed by atoms with Crippen molar-refractivity contribution >= 4 is 0 Å². The average Bonchev–Trinajstić information content (AvgIpc) is 3.18. The standard InChI is InChI=1S/C17H20F2N4O/c18-13-3-1-4-14(19)12(13)11-22-7-6-16-20-21-17(23(16)9-8-22)15-5-2-10-24-15/h1,3-4,15H,2,5-11H2/t15-/m1/s1. The van der Waals surface area contributed by atoms with Gasteiger partial charge < -0.3 is 9.30 Å². The molecule has 0 unspecified atom stereocenters. The maximum absolute atomic E-state index is 13.9. The Morgan fingerprint density at radius 3 is 2.71 bits per heavy atom. The number of hydrogen-bond donors (Lipinski definition) is 0. The summed E-state index contributed by atoms with van der Waals surface area (Å²) < 4.78 is 35.6. The summed E-state index contributed by atoms with van der Waals surface area (Å²) in [6, 6.07) is 4.01. The fourth-order valence-electron chi connectivity index (χ4n) is 3.47. The summed E-state index contributed by atoms with van der Waals surface area (Å²) in [6.45, 7) is 3.17. The molecule has 2 aromatic rings. The predicted molar refractivity (Wildman–Crippen MR) is 83.3 cm³/mol. The first kappa shape index (κ1) is 15.7. The van der Waals surface area contributed by atoms with Crippen molar-refractivity contribution in [1.82, 2.24) is 19.7 Å². The van der Waals surface area contributed by atoms with Crippen LogP contribution in [0.2, 0.25) is 0 Å². The molecule has 24 heavy (non-hydrogen) atoms. The van der Waals surface area contributed by atoms with Gasteiger partial charge in [0.05, 0.1) is 0 Å². The number of hydrogen-bond acceptors (Lipinski definition) is 4. The number of ether oxygens (including phenoxy) is 1. The van der Waals surface area contributed by atoms with Crippen molar-refractivity contribution in [2.45, 2.75) is 38.5 Å². The van der Waals surface area contributed by atoms with Gasteiger partial charge in [-0.3, -0.25) is 4.90 Å². The topological polar surface area (TPSA) is 43.2 Å². The van der Waals surface area contributed by atoms with Gasteiger partial charge >= 0.3 is 0 Å². The number of halogens is 2. The minimum atomic E-state index is -0.487. The van der Waals surface area contributed by atoms with Crippen LogP contribution in [0.25, 0.3) is 0 Å². The molecule has 0 spiro atoms. The van der Waals surface area contributed by atoms with Crippen LogP contribution in [0.4, 0.5) is 8.78 Å². The van der Waals surface area contributed by atoms with E-state index in [4.69, 9.17) is 4.74 Å². The third kappa shape index (κ3) is 2.93. The van der Waals surface area contributed by atoms with Crippen molar-refractivity contribution in [1.29, 1.82) is 0 Å². The molecule has 2 aliphatic heterocycles. The van der Waals surface area contributed by atoms with E-state index >= 15 is 0 Å². The van der Waals surface area contributed by atoms with Crippen LogP contribution in [0.15, 0.2) is 18.2 Å². The van der Waals surface area contributed by atoms with E-state index in [1.165, 1.54) is 18.2 Å². The average molecular weight is 334 g/mol. The lowest BCUT2D eigenvalue weighted by molar-refractivity contribution is 0.101. The van der Waals surface area contributed by atoms with Crippen LogP contribution in [0.3, 0.4) is 0 Å². The summed E-state index contributed by atoms with van der Waals surface area (Å²) in [7, 11) is 0. The fraction of sp³-hybridized carbons (Fsp3) is 0.529. The van der Waals surface area contributed by atoms with Crippen LogP contribution < -0.4 is 0 Å². The first-order valence-electron chi connectivity index (χ1n) is 8.41. The zero-order valence-corrected chi connectivity index (χ0v) is 13.4. The second-order valence-electron chi connectivity index (χ2n) is 6.35. The molecule has 1 aromatic carbocycles. The Kier molecular flexibility index (Phi) is 4.28. The van der Waals surface area contributed by atoms with Gasteiger partial charge in [-0.15, -0.1) is 10.2 Å². The van der Waals surface area contributed by atoms with Crippen LogP contribution >= 0.6 is 0 Å². The molecule has 1 aromatic heterocycles. The summed E-state index contributed by atoms with van der Waals surface area (Å²) in [5.74, 6) is 0.843. The van der Waals surface area contributed by atoms with Crippen LogP contribution in [-0.2, 0) is 24.2 Å². The molecule has 0 radical (unpaired) electrons. The Morgan fingerprint density at radius 1 is 1.12 bits per heavy atom. The van der Waals surface area contributed by atoms with Gasteiger partial charge in [-0.25, -0.2) is 8.78 Å². The molecule has 1 atom stereocenters. The molecular formula is C17H20F2N4O. The van der Waals surface area contributed by atoms with Crippen molar-refractivity contribution in [2.75, 3.05) is 19.7 Å². The minimum Gasteiger partial charge on any atom is -0.370 e. The Balaban J connectivity index is 1.49. The number of aromatic nitrogens is 3. The monoisotopic (exact) mass is 334 g/mol. The Labute approximate surface area is 139 Å². The molecule has 4 rings (SSSR count). The van der Waals surface area contributed by atoms with E-state index in [1.54, 1.807) is 0 Å². The molecule has 5 nitrogen and oxygen atoms in total. The molecular weight excluding hydrogens is 314 g/mol. The van der Waals surface area contributed by atoms with Crippen molar-refractivity contribution in [3.8, 4) is 0 Å². The molecule has 7 heteroatoms. The fourth-order valence-corrected chi connectivity index (χ4v) is 3.47. The van der Waals surface area contributed by atoms with E-state index in [-0.39, 0.29) is 18.2 Å². The van der Waals surface area contributed by atoms with Gasteiger partial charge in [0, 0.05) is 44.8 Å². The van der Waals surface area contributed by atoms with Crippen LogP contribution in [0.5, 0.6) is 0 Å². The van der Waals surface area contributed by atoms with Gasteiger partial charge in [-0.05, 0) is 25.0 Å². The molecule has 3 heterocycles. The quantitative estimate of drug-likeness (QED) is 0.865. The van der Waals surface area contributed by atoms with Gasteiger partial charge in [0.1, 0.15) is 23.6 Å². The molecule has 0 amide bonds. The first-order valence-corrected chi connectivity index (χ1v) is 8.41. The zero-order chi connectivity index (χ0) is 16.5. The van der Waals surface area contributed by atoms with Gasteiger partial charge in [0.25, 0.3) is 0 Å². The normalized spacial score (nSPS) is 21.7. The highest BCUT2D eigenvalue weighted by atomic mass is 19.1. The second-order valence-corrected chi connectivity index (χ2v) is 6.35. The predicted octanol–water partition coefficient (Wildman–Crippen LogP) is 2.47. The van der Waals surface area contributed by atoms with Crippen molar-refractivity contribution in [3.63, 3.8) is 0 Å². The molecule has 1 saturated heterocycles. The molecule has 0 saturated carbocycles. The summed E-state index contributed by atoms with van der Waals surface area (Å²) in [5.41, 5.74) is 0.134. The van der Waals surface area contributed by atoms with Crippen LogP contribution in [0.1, 0.15) is 36.2 Å². The van der Waals surface area contributed by atoms with E-state index in [0.29, 0.717) is 19.6 Å². The third-order valence-electron chi connectivity index (χ3n) is 4.81. The third-order valence-corrected chi connectivity index (χ3v) is 4.81. The van der Waals surface area contributed by atoms with Gasteiger partial charge in [-0.2, -0.15) is 0 Å². The summed E-state index contributed by atoms with van der Waals surface area (Å²) in [4.78, 5) is 2.06. The van der Waals surface area contributed by atoms with Crippen molar-refractivity contribution in [3.05, 3.63) is 47.0 Å². The Hall–Kier alpha value is -1.86. The summed E-state index contributed by atoms with van der Waals surface area (Å²) in [5, 5.41) is 8.60. The highest BCUT2D eigenvalue weighted by Crippen LogP contribution is 2.28. The van der Waals surface area contributed by atoms with Crippen LogP contribution in [-0.4, -0.2) is 39.4 Å². The molecule has 0 N–H and O–H groups in total. The van der Waals surface area contributed by atoms with Gasteiger partial charge in [-0.1, -0.05) is 6.07 Å². The highest BCUT2D eigenvalue weighted by molar-refractivity contribution is 5.19. The van der Waals surface area contributed by atoms with E-state index < -0.39 is 11.6 Å². The largest absolute Gasteiger partial charge is 0.370 e. The smallest absolute Gasteiger partial charge is 0.162 e. The number of fused-ring (bicyclic) bond motifs is 1. The van der Waals surface area contributed by atoms with E-state index in [2.05, 4.69) is 19.7 Å².